The summed E-state index contributed by atoms with van der Waals surface area (Å²) in [5.41, 5.74) is 7.03. The van der Waals surface area contributed by atoms with Crippen LogP contribution in [0.2, 0.25) is 5.02 Å². The van der Waals surface area contributed by atoms with Crippen LogP contribution < -0.4 is 10.5 Å². The van der Waals surface area contributed by atoms with Crippen LogP contribution in [0.3, 0.4) is 0 Å². The highest BCUT2D eigenvalue weighted by molar-refractivity contribution is 6.30. The van der Waals surface area contributed by atoms with E-state index in [-0.39, 0.29) is 0 Å². The number of aromatic nitrogens is 3. The first-order chi connectivity index (χ1) is 9.24. The average molecular weight is 275 g/mol. The largest absolute Gasteiger partial charge is 0.486 e. The van der Waals surface area contributed by atoms with E-state index in [4.69, 9.17) is 22.1 Å². The summed E-state index contributed by atoms with van der Waals surface area (Å²) in [4.78, 5) is 0. The molecule has 0 aliphatic carbocycles. The number of rotatable bonds is 3. The van der Waals surface area contributed by atoms with Crippen LogP contribution in [-0.2, 0) is 6.61 Å². The number of benzene rings is 1. The fraction of sp³-hybridized carbons (Fsp3) is 0.0769. The van der Waals surface area contributed by atoms with Gasteiger partial charge in [-0.05, 0) is 30.3 Å². The Morgan fingerprint density at radius 1 is 1.21 bits per heavy atom. The van der Waals surface area contributed by atoms with Gasteiger partial charge >= 0.3 is 0 Å². The van der Waals surface area contributed by atoms with Gasteiger partial charge < -0.3 is 10.5 Å². The van der Waals surface area contributed by atoms with Crippen molar-refractivity contribution >= 4 is 22.9 Å². The maximum absolute atomic E-state index is 5.89. The highest BCUT2D eigenvalue weighted by atomic mass is 35.5. The lowest BCUT2D eigenvalue weighted by molar-refractivity contribution is 0.294. The number of fused-ring (bicyclic) bond motifs is 1. The van der Waals surface area contributed by atoms with Gasteiger partial charge in [0.05, 0.1) is 5.69 Å². The fourth-order valence-electron chi connectivity index (χ4n) is 1.79. The molecule has 0 saturated heterocycles. The van der Waals surface area contributed by atoms with Crippen LogP contribution in [0.15, 0.2) is 42.6 Å². The molecule has 3 aromatic rings. The molecule has 0 aliphatic heterocycles. The third-order valence-electron chi connectivity index (χ3n) is 2.70. The van der Waals surface area contributed by atoms with Crippen molar-refractivity contribution in [2.45, 2.75) is 6.61 Å². The molecule has 6 heteroatoms. The summed E-state index contributed by atoms with van der Waals surface area (Å²) in [6, 6.07) is 10.8. The van der Waals surface area contributed by atoms with E-state index in [0.717, 1.165) is 0 Å². The van der Waals surface area contributed by atoms with E-state index in [1.165, 1.54) is 0 Å². The Bertz CT molecular complexity index is 725. The van der Waals surface area contributed by atoms with Gasteiger partial charge in [-0.3, -0.25) is 4.40 Å². The minimum Gasteiger partial charge on any atom is -0.486 e. The van der Waals surface area contributed by atoms with Gasteiger partial charge in [0.1, 0.15) is 12.4 Å². The highest BCUT2D eigenvalue weighted by Crippen LogP contribution is 2.18. The molecule has 5 nitrogen and oxygen atoms in total. The lowest BCUT2D eigenvalue weighted by Crippen LogP contribution is -2.01. The number of ether oxygens (including phenoxy) is 1. The van der Waals surface area contributed by atoms with Gasteiger partial charge in [-0.25, -0.2) is 0 Å². The van der Waals surface area contributed by atoms with Crippen molar-refractivity contribution in [3.8, 4) is 5.75 Å². The highest BCUT2D eigenvalue weighted by Gasteiger charge is 2.08. The Balaban J connectivity index is 1.84. The molecule has 0 unspecified atom stereocenters. The van der Waals surface area contributed by atoms with Crippen LogP contribution in [-0.4, -0.2) is 14.6 Å². The average Bonchev–Trinajstić information content (AvgIpc) is 2.81. The minimum atomic E-state index is 0.297. The van der Waals surface area contributed by atoms with Crippen LogP contribution in [0.1, 0.15) is 5.82 Å². The van der Waals surface area contributed by atoms with Gasteiger partial charge in [-0.2, -0.15) is 0 Å². The minimum absolute atomic E-state index is 0.297. The van der Waals surface area contributed by atoms with Gasteiger partial charge in [-0.1, -0.05) is 17.7 Å². The van der Waals surface area contributed by atoms with E-state index < -0.39 is 0 Å². The van der Waals surface area contributed by atoms with E-state index in [1.807, 2.05) is 24.4 Å². The third kappa shape index (κ3) is 2.32. The zero-order chi connectivity index (χ0) is 13.2. The smallest absolute Gasteiger partial charge is 0.184 e. The predicted octanol–water partition coefficient (Wildman–Crippen LogP) is 2.54. The molecule has 0 spiro atoms. The van der Waals surface area contributed by atoms with Gasteiger partial charge in [0.25, 0.3) is 0 Å². The van der Waals surface area contributed by atoms with Crippen LogP contribution in [0.5, 0.6) is 5.75 Å². The second-order valence-corrected chi connectivity index (χ2v) is 4.46. The van der Waals surface area contributed by atoms with E-state index in [0.29, 0.717) is 34.5 Å². The number of halogens is 1. The topological polar surface area (TPSA) is 65.4 Å². The Hall–Kier alpha value is -2.27. The van der Waals surface area contributed by atoms with Crippen molar-refractivity contribution in [1.29, 1.82) is 0 Å². The second kappa shape index (κ2) is 4.78. The first-order valence-electron chi connectivity index (χ1n) is 5.70. The van der Waals surface area contributed by atoms with Crippen molar-refractivity contribution in [2.75, 3.05) is 5.73 Å². The summed E-state index contributed by atoms with van der Waals surface area (Å²) >= 11 is 5.89. The number of hydrogen-bond acceptors (Lipinski definition) is 4. The summed E-state index contributed by atoms with van der Waals surface area (Å²) in [5.74, 6) is 1.37. The summed E-state index contributed by atoms with van der Waals surface area (Å²) in [6.07, 6.45) is 1.85. The zero-order valence-electron chi connectivity index (χ0n) is 9.95. The third-order valence-corrected chi connectivity index (χ3v) is 2.93. The molecule has 3 rings (SSSR count). The second-order valence-electron chi connectivity index (χ2n) is 4.02. The molecule has 0 fully saturated rings. The number of nitrogens with two attached hydrogens (primary N) is 1. The molecule has 2 heterocycles. The molecule has 19 heavy (non-hydrogen) atoms. The molecule has 0 atom stereocenters. The Morgan fingerprint density at radius 3 is 2.95 bits per heavy atom. The normalized spacial score (nSPS) is 10.8. The standard InChI is InChI=1S/C13H11ClN4O/c14-9-3-1-4-10(7-9)19-8-12-16-17-13-11(15)5-2-6-18(12)13/h1-7H,8,15H2. The molecule has 0 bridgehead atoms. The first-order valence-corrected chi connectivity index (χ1v) is 6.08. The Kier molecular flexibility index (Phi) is 2.97. The summed E-state index contributed by atoms with van der Waals surface area (Å²) in [6.45, 7) is 0.297. The summed E-state index contributed by atoms with van der Waals surface area (Å²) < 4.78 is 7.44. The fourth-order valence-corrected chi connectivity index (χ4v) is 1.97. The van der Waals surface area contributed by atoms with Crippen molar-refractivity contribution in [2.24, 2.45) is 0 Å². The first kappa shape index (κ1) is 11.8. The van der Waals surface area contributed by atoms with E-state index >= 15 is 0 Å². The molecule has 2 N–H and O–H groups in total. The van der Waals surface area contributed by atoms with Gasteiger partial charge in [0.15, 0.2) is 11.5 Å². The number of nitrogens with zero attached hydrogens (tertiary/aromatic N) is 3. The Morgan fingerprint density at radius 2 is 2.11 bits per heavy atom. The molecule has 0 amide bonds. The maximum Gasteiger partial charge on any atom is 0.184 e. The molecular formula is C13H11ClN4O. The molecule has 0 radical (unpaired) electrons. The molecule has 96 valence electrons. The monoisotopic (exact) mass is 274 g/mol. The van der Waals surface area contributed by atoms with E-state index in [2.05, 4.69) is 10.2 Å². The zero-order valence-corrected chi connectivity index (χ0v) is 10.7. The van der Waals surface area contributed by atoms with Crippen LogP contribution in [0.4, 0.5) is 5.69 Å². The lowest BCUT2D eigenvalue weighted by atomic mass is 10.3. The molecule has 1 aromatic carbocycles. The number of anilines is 1. The number of hydrogen-bond donors (Lipinski definition) is 1. The van der Waals surface area contributed by atoms with E-state index in [9.17, 15) is 0 Å². The lowest BCUT2D eigenvalue weighted by Gasteiger charge is -2.05. The van der Waals surface area contributed by atoms with Crippen LogP contribution in [0, 0.1) is 0 Å². The molecule has 0 aliphatic rings. The SMILES string of the molecule is Nc1cccn2c(COc3cccc(Cl)c3)nnc12. The predicted molar refractivity (Wildman–Crippen MR) is 73.2 cm³/mol. The van der Waals surface area contributed by atoms with Crippen molar-refractivity contribution < 1.29 is 4.74 Å². The number of nitrogen functional groups attached to an aromatic ring is 1. The molecule has 0 saturated carbocycles. The summed E-state index contributed by atoms with van der Waals surface area (Å²) in [5, 5.41) is 8.73. The van der Waals surface area contributed by atoms with Gasteiger partial charge in [0.2, 0.25) is 0 Å². The van der Waals surface area contributed by atoms with E-state index in [1.54, 1.807) is 22.6 Å². The van der Waals surface area contributed by atoms with Crippen molar-refractivity contribution in [3.63, 3.8) is 0 Å². The Labute approximate surface area is 114 Å². The summed E-state index contributed by atoms with van der Waals surface area (Å²) in [7, 11) is 0. The van der Waals surface area contributed by atoms with Gasteiger partial charge in [0, 0.05) is 11.2 Å². The molecule has 2 aromatic heterocycles. The van der Waals surface area contributed by atoms with Crippen molar-refractivity contribution in [3.05, 3.63) is 53.4 Å². The number of pyridine rings is 1. The van der Waals surface area contributed by atoms with Crippen molar-refractivity contribution in [1.82, 2.24) is 14.6 Å². The van der Waals surface area contributed by atoms with Crippen LogP contribution in [0.25, 0.3) is 5.65 Å². The molecular weight excluding hydrogens is 264 g/mol. The van der Waals surface area contributed by atoms with Gasteiger partial charge in [-0.15, -0.1) is 10.2 Å². The quantitative estimate of drug-likeness (QED) is 0.797. The van der Waals surface area contributed by atoms with Crippen LogP contribution >= 0.6 is 11.6 Å². The maximum atomic E-state index is 5.89.